The van der Waals surface area contributed by atoms with Crippen molar-refractivity contribution < 1.29 is 14.7 Å². The summed E-state index contributed by atoms with van der Waals surface area (Å²) in [5.74, 6) is -0.861. The number of hydrogen-bond donors (Lipinski definition) is 1. The van der Waals surface area contributed by atoms with Gasteiger partial charge in [0.05, 0.1) is 16.5 Å². The predicted octanol–water partition coefficient (Wildman–Crippen LogP) is 4.19. The lowest BCUT2D eigenvalue weighted by molar-refractivity contribution is -0.121. The zero-order valence-corrected chi connectivity index (χ0v) is 14.7. The molecule has 1 aliphatic heterocycles. The van der Waals surface area contributed by atoms with Gasteiger partial charge < -0.3 is 10.0 Å². The Morgan fingerprint density at radius 1 is 1.12 bits per heavy atom. The summed E-state index contributed by atoms with van der Waals surface area (Å²) >= 11 is 12.4. The number of ketones is 1. The Labute approximate surface area is 155 Å². The molecule has 0 aliphatic carbocycles. The highest BCUT2D eigenvalue weighted by Crippen LogP contribution is 2.38. The highest BCUT2D eigenvalue weighted by Gasteiger charge is 2.35. The molecule has 3 rings (SSSR count). The summed E-state index contributed by atoms with van der Waals surface area (Å²) in [6.07, 6.45) is 1.27. The zero-order valence-electron chi connectivity index (χ0n) is 13.2. The summed E-state index contributed by atoms with van der Waals surface area (Å²) in [7, 11) is 0. The van der Waals surface area contributed by atoms with E-state index in [2.05, 4.69) is 6.58 Å². The van der Waals surface area contributed by atoms with Crippen molar-refractivity contribution in [2.75, 3.05) is 13.1 Å². The van der Waals surface area contributed by atoms with Crippen molar-refractivity contribution in [1.29, 1.82) is 0 Å². The summed E-state index contributed by atoms with van der Waals surface area (Å²) in [4.78, 5) is 25.7. The number of amides is 1. The van der Waals surface area contributed by atoms with E-state index >= 15 is 0 Å². The standard InChI is InChI=1S/C19H15Cl2NO3/c1-2-17(23)11-9-22(10-11)19(25)14-7-13(16(21)8-18(14)24)12-5-3-4-6-15(12)20/h2-8,11,24H,1,9-10H2. The summed E-state index contributed by atoms with van der Waals surface area (Å²) in [6.45, 7) is 4.07. The van der Waals surface area contributed by atoms with E-state index in [1.807, 2.05) is 6.07 Å². The number of halogens is 2. The molecule has 0 spiro atoms. The van der Waals surface area contributed by atoms with Crippen molar-refractivity contribution in [3.05, 3.63) is 64.7 Å². The lowest BCUT2D eigenvalue weighted by Gasteiger charge is -2.38. The Bertz CT molecular complexity index is 873. The molecule has 0 atom stereocenters. The number of carbonyl (C=O) groups excluding carboxylic acids is 2. The molecule has 0 saturated carbocycles. The van der Waals surface area contributed by atoms with E-state index in [1.54, 1.807) is 18.2 Å². The molecule has 128 valence electrons. The molecule has 0 aromatic heterocycles. The zero-order chi connectivity index (χ0) is 18.1. The third-order valence-corrected chi connectivity index (χ3v) is 4.89. The fourth-order valence-corrected chi connectivity index (χ4v) is 3.28. The summed E-state index contributed by atoms with van der Waals surface area (Å²) in [5, 5.41) is 10.9. The van der Waals surface area contributed by atoms with E-state index in [-0.39, 0.29) is 28.9 Å². The van der Waals surface area contributed by atoms with Crippen LogP contribution in [0.5, 0.6) is 5.75 Å². The van der Waals surface area contributed by atoms with Gasteiger partial charge in [-0.3, -0.25) is 9.59 Å². The molecule has 2 aromatic carbocycles. The van der Waals surface area contributed by atoms with Crippen LogP contribution in [0.2, 0.25) is 10.0 Å². The van der Waals surface area contributed by atoms with Crippen LogP contribution in [0.1, 0.15) is 10.4 Å². The van der Waals surface area contributed by atoms with Crippen LogP contribution in [-0.4, -0.2) is 34.8 Å². The fraction of sp³-hybridized carbons (Fsp3) is 0.158. The van der Waals surface area contributed by atoms with Crippen LogP contribution in [0.3, 0.4) is 0 Å². The second-order valence-corrected chi connectivity index (χ2v) is 6.66. The number of benzene rings is 2. The van der Waals surface area contributed by atoms with Crippen LogP contribution >= 0.6 is 23.2 Å². The first-order valence-electron chi connectivity index (χ1n) is 7.65. The summed E-state index contributed by atoms with van der Waals surface area (Å²) in [5.41, 5.74) is 1.36. The summed E-state index contributed by atoms with van der Waals surface area (Å²) < 4.78 is 0. The molecule has 4 nitrogen and oxygen atoms in total. The molecule has 1 N–H and O–H groups in total. The molecule has 0 unspecified atom stereocenters. The van der Waals surface area contributed by atoms with Gasteiger partial charge in [-0.15, -0.1) is 0 Å². The molecular weight excluding hydrogens is 361 g/mol. The van der Waals surface area contributed by atoms with Crippen LogP contribution in [0, 0.1) is 5.92 Å². The van der Waals surface area contributed by atoms with Crippen LogP contribution in [0.15, 0.2) is 49.1 Å². The van der Waals surface area contributed by atoms with Crippen LogP contribution in [0.4, 0.5) is 0 Å². The van der Waals surface area contributed by atoms with Gasteiger partial charge in [0.25, 0.3) is 5.91 Å². The molecule has 1 fully saturated rings. The third-order valence-electron chi connectivity index (χ3n) is 4.25. The molecule has 0 bridgehead atoms. The van der Waals surface area contributed by atoms with Crippen molar-refractivity contribution in [1.82, 2.24) is 4.90 Å². The van der Waals surface area contributed by atoms with Crippen LogP contribution < -0.4 is 0 Å². The minimum Gasteiger partial charge on any atom is -0.507 e. The molecule has 6 heteroatoms. The van der Waals surface area contributed by atoms with Gasteiger partial charge in [0, 0.05) is 29.2 Å². The van der Waals surface area contributed by atoms with Gasteiger partial charge in [0.1, 0.15) is 5.75 Å². The van der Waals surface area contributed by atoms with Crippen molar-refractivity contribution in [3.8, 4) is 16.9 Å². The molecule has 1 amide bonds. The average molecular weight is 376 g/mol. The lowest BCUT2D eigenvalue weighted by Crippen LogP contribution is -2.52. The van der Waals surface area contributed by atoms with E-state index in [9.17, 15) is 14.7 Å². The molecule has 0 radical (unpaired) electrons. The number of phenols is 1. The first-order chi connectivity index (χ1) is 11.9. The first kappa shape index (κ1) is 17.5. The maximum Gasteiger partial charge on any atom is 0.257 e. The number of nitrogens with zero attached hydrogens (tertiary/aromatic N) is 1. The van der Waals surface area contributed by atoms with E-state index in [0.29, 0.717) is 34.3 Å². The normalized spacial score (nSPS) is 14.1. The molecule has 25 heavy (non-hydrogen) atoms. The van der Waals surface area contributed by atoms with Gasteiger partial charge in [-0.1, -0.05) is 48.0 Å². The van der Waals surface area contributed by atoms with E-state index in [1.165, 1.54) is 23.1 Å². The molecule has 1 saturated heterocycles. The number of likely N-dealkylation sites (tertiary alicyclic amines) is 1. The van der Waals surface area contributed by atoms with Gasteiger partial charge in [-0.2, -0.15) is 0 Å². The monoisotopic (exact) mass is 375 g/mol. The largest absolute Gasteiger partial charge is 0.507 e. The van der Waals surface area contributed by atoms with Crippen molar-refractivity contribution >= 4 is 34.9 Å². The molecular formula is C19H15Cl2NO3. The highest BCUT2D eigenvalue weighted by atomic mass is 35.5. The SMILES string of the molecule is C=CC(=O)C1CN(C(=O)c2cc(-c3ccccc3Cl)c(Cl)cc2O)C1. The van der Waals surface area contributed by atoms with Gasteiger partial charge in [-0.05, 0) is 24.3 Å². The van der Waals surface area contributed by atoms with E-state index in [4.69, 9.17) is 23.2 Å². The molecule has 2 aromatic rings. The van der Waals surface area contributed by atoms with Gasteiger partial charge in [0.2, 0.25) is 0 Å². The quantitative estimate of drug-likeness (QED) is 0.814. The second kappa shape index (κ2) is 6.90. The van der Waals surface area contributed by atoms with Crippen LogP contribution in [0.25, 0.3) is 11.1 Å². The molecule has 1 aliphatic rings. The number of carbonyl (C=O) groups is 2. The average Bonchev–Trinajstić information content (AvgIpc) is 2.54. The lowest BCUT2D eigenvalue weighted by atomic mass is 9.93. The number of aromatic hydroxyl groups is 1. The number of phenolic OH excluding ortho intramolecular Hbond substituents is 1. The van der Waals surface area contributed by atoms with Gasteiger partial charge in [0.15, 0.2) is 5.78 Å². The maximum atomic E-state index is 12.6. The Kier molecular flexibility index (Phi) is 4.84. The minimum absolute atomic E-state index is 0.0823. The van der Waals surface area contributed by atoms with Gasteiger partial charge >= 0.3 is 0 Å². The van der Waals surface area contributed by atoms with Crippen molar-refractivity contribution in [2.24, 2.45) is 5.92 Å². The molecule has 1 heterocycles. The van der Waals surface area contributed by atoms with Crippen LogP contribution in [-0.2, 0) is 4.79 Å². The summed E-state index contributed by atoms with van der Waals surface area (Å²) in [6, 6.07) is 9.99. The predicted molar refractivity (Wildman–Crippen MR) is 98.2 cm³/mol. The topological polar surface area (TPSA) is 57.6 Å². The van der Waals surface area contributed by atoms with Crippen molar-refractivity contribution in [2.45, 2.75) is 0 Å². The van der Waals surface area contributed by atoms with E-state index in [0.717, 1.165) is 0 Å². The second-order valence-electron chi connectivity index (χ2n) is 5.84. The fourth-order valence-electron chi connectivity index (χ4n) is 2.78. The van der Waals surface area contributed by atoms with Gasteiger partial charge in [-0.25, -0.2) is 0 Å². The maximum absolute atomic E-state index is 12.6. The Balaban J connectivity index is 1.92. The Morgan fingerprint density at radius 2 is 1.80 bits per heavy atom. The number of rotatable bonds is 4. The smallest absolute Gasteiger partial charge is 0.257 e. The first-order valence-corrected chi connectivity index (χ1v) is 8.41. The highest BCUT2D eigenvalue weighted by molar-refractivity contribution is 6.36. The Morgan fingerprint density at radius 3 is 2.44 bits per heavy atom. The van der Waals surface area contributed by atoms with Crippen molar-refractivity contribution in [3.63, 3.8) is 0 Å². The minimum atomic E-state index is -0.351. The Hall–Kier alpha value is -2.30. The third kappa shape index (κ3) is 3.28. The number of allylic oxidation sites excluding steroid dienone is 1. The van der Waals surface area contributed by atoms with E-state index < -0.39 is 0 Å². The number of hydrogen-bond acceptors (Lipinski definition) is 3.